The lowest BCUT2D eigenvalue weighted by atomic mass is 10.1. The number of hydrogen-bond acceptors (Lipinski definition) is 8. The number of urea groups is 1. The van der Waals surface area contributed by atoms with Gasteiger partial charge in [0.15, 0.2) is 5.13 Å². The zero-order valence-corrected chi connectivity index (χ0v) is 20.9. The van der Waals surface area contributed by atoms with Crippen LogP contribution in [0.5, 0.6) is 0 Å². The molecule has 0 saturated heterocycles. The van der Waals surface area contributed by atoms with Crippen LogP contribution in [0.4, 0.5) is 14.3 Å². The average molecular weight is 525 g/mol. The van der Waals surface area contributed by atoms with Crippen LogP contribution in [0.15, 0.2) is 34.2 Å². The van der Waals surface area contributed by atoms with Crippen molar-refractivity contribution in [3.05, 3.63) is 63.7 Å². The van der Waals surface area contributed by atoms with Gasteiger partial charge in [-0.1, -0.05) is 17.3 Å². The van der Waals surface area contributed by atoms with Gasteiger partial charge in [0.1, 0.15) is 17.1 Å². The maximum absolute atomic E-state index is 13.3. The fraction of sp³-hybridized carbons (Fsp3) is 0.333. The third-order valence-corrected chi connectivity index (χ3v) is 6.28. The number of hydrogen-bond donors (Lipinski definition) is 3. The van der Waals surface area contributed by atoms with Gasteiger partial charge in [-0.05, 0) is 31.5 Å². The number of carbonyl (C=O) groups is 2. The Bertz CT molecular complexity index is 1290. The molecule has 0 saturated carbocycles. The summed E-state index contributed by atoms with van der Waals surface area (Å²) in [5.74, 6) is -0.423. The first kappa shape index (κ1) is 26.2. The van der Waals surface area contributed by atoms with Crippen molar-refractivity contribution in [3.63, 3.8) is 0 Å². The summed E-state index contributed by atoms with van der Waals surface area (Å²) in [6.45, 7) is 3.54. The molecule has 3 rings (SSSR count). The lowest BCUT2D eigenvalue weighted by molar-refractivity contribution is 0.0742. The average Bonchev–Trinajstić information content (AvgIpc) is 3.35. The third kappa shape index (κ3) is 7.83. The lowest BCUT2D eigenvalue weighted by Crippen LogP contribution is -2.38. The van der Waals surface area contributed by atoms with E-state index in [-0.39, 0.29) is 32.1 Å². The molecule has 0 unspecified atom stereocenters. The van der Waals surface area contributed by atoms with Crippen molar-refractivity contribution in [2.75, 3.05) is 24.7 Å². The Balaban J connectivity index is 1.64. The minimum atomic E-state index is -3.43. The van der Waals surface area contributed by atoms with Gasteiger partial charge in [0.25, 0.3) is 5.91 Å². The smallest absolute Gasteiger partial charge is 0.321 e. The van der Waals surface area contributed by atoms with Gasteiger partial charge in [-0.2, -0.15) is 0 Å². The van der Waals surface area contributed by atoms with Gasteiger partial charge in [-0.25, -0.2) is 27.3 Å². The molecule has 3 N–H and O–H groups in total. The summed E-state index contributed by atoms with van der Waals surface area (Å²) in [5.41, 5.74) is 1.82. The Hall–Kier alpha value is -3.36. The number of thiazole rings is 1. The van der Waals surface area contributed by atoms with Crippen molar-refractivity contribution in [1.29, 1.82) is 0 Å². The highest BCUT2D eigenvalue weighted by atomic mass is 32.2. The van der Waals surface area contributed by atoms with Gasteiger partial charge in [0.05, 0.1) is 24.2 Å². The van der Waals surface area contributed by atoms with Crippen LogP contribution in [0.25, 0.3) is 0 Å². The molecule has 0 bridgehead atoms. The Morgan fingerprint density at radius 1 is 1.26 bits per heavy atom. The number of nitrogens with zero attached hydrogens (tertiary/aromatic N) is 3. The van der Waals surface area contributed by atoms with Crippen LogP contribution in [0.2, 0.25) is 0 Å². The van der Waals surface area contributed by atoms with Crippen LogP contribution in [-0.2, 0) is 23.1 Å². The molecule has 3 aromatic rings. The highest BCUT2D eigenvalue weighted by molar-refractivity contribution is 7.88. The number of aryl methyl sites for hydroxylation is 2. The largest absolute Gasteiger partial charge is 0.361 e. The summed E-state index contributed by atoms with van der Waals surface area (Å²) in [4.78, 5) is 31.1. The number of anilines is 1. The fourth-order valence-corrected chi connectivity index (χ4v) is 4.33. The summed E-state index contributed by atoms with van der Waals surface area (Å²) in [6, 6.07) is 5.37. The molecule has 0 radical (unpaired) electrons. The number of rotatable bonds is 10. The number of nitrogens with one attached hydrogen (secondary N) is 3. The minimum absolute atomic E-state index is 0.00563. The molecule has 11 nitrogen and oxygen atoms in total. The number of sulfonamides is 1. The van der Waals surface area contributed by atoms with Crippen LogP contribution in [-0.4, -0.2) is 54.7 Å². The van der Waals surface area contributed by atoms with Crippen molar-refractivity contribution < 1.29 is 26.9 Å². The van der Waals surface area contributed by atoms with Gasteiger partial charge in [0.2, 0.25) is 10.0 Å². The van der Waals surface area contributed by atoms with Crippen molar-refractivity contribution >= 4 is 38.4 Å². The first-order valence-corrected chi connectivity index (χ1v) is 13.2. The molecule has 2 aromatic heterocycles. The first-order valence-electron chi connectivity index (χ1n) is 10.4. The standard InChI is InChI=1S/C21H25FN6O5S2/c1-13-18(14(2)33-27-13)19(29)28(8-7-24-35(3,31)32)11-17-12-34-21(25-17)26-20(30)23-10-15-5-4-6-16(22)9-15/h4-6,9,12,24H,7-8,10-11H2,1-3H3,(H2,23,25,26,30). The van der Waals surface area contributed by atoms with E-state index in [9.17, 15) is 22.4 Å². The summed E-state index contributed by atoms with van der Waals surface area (Å²) in [5, 5.41) is 11.0. The highest BCUT2D eigenvalue weighted by Gasteiger charge is 2.24. The van der Waals surface area contributed by atoms with Crippen molar-refractivity contribution in [2.24, 2.45) is 0 Å². The number of carbonyl (C=O) groups excluding carboxylic acids is 2. The van der Waals surface area contributed by atoms with E-state index in [2.05, 4.69) is 25.5 Å². The molecule has 14 heteroatoms. The Morgan fingerprint density at radius 3 is 2.69 bits per heavy atom. The van der Waals surface area contributed by atoms with Crippen LogP contribution in [0.1, 0.15) is 33.1 Å². The van der Waals surface area contributed by atoms with E-state index in [1.165, 1.54) is 17.0 Å². The van der Waals surface area contributed by atoms with Crippen molar-refractivity contribution in [2.45, 2.75) is 26.9 Å². The van der Waals surface area contributed by atoms with E-state index in [1.54, 1.807) is 31.4 Å². The molecule has 2 heterocycles. The summed E-state index contributed by atoms with van der Waals surface area (Å²) >= 11 is 1.16. The van der Waals surface area contributed by atoms with Gasteiger partial charge >= 0.3 is 6.03 Å². The van der Waals surface area contributed by atoms with Gasteiger partial charge < -0.3 is 14.7 Å². The maximum Gasteiger partial charge on any atom is 0.321 e. The topological polar surface area (TPSA) is 147 Å². The predicted octanol–water partition coefficient (Wildman–Crippen LogP) is 2.40. The number of amides is 3. The van der Waals surface area contributed by atoms with E-state index >= 15 is 0 Å². The fourth-order valence-electron chi connectivity index (χ4n) is 3.17. The highest BCUT2D eigenvalue weighted by Crippen LogP contribution is 2.20. The number of halogens is 1. The van der Waals surface area contributed by atoms with E-state index in [0.717, 1.165) is 17.6 Å². The van der Waals surface area contributed by atoms with Crippen LogP contribution >= 0.6 is 11.3 Å². The Labute approximate surface area is 205 Å². The molecule has 35 heavy (non-hydrogen) atoms. The SMILES string of the molecule is Cc1noc(C)c1C(=O)N(CCNS(C)(=O)=O)Cc1csc(NC(=O)NCc2cccc(F)c2)n1. The summed E-state index contributed by atoms with van der Waals surface area (Å²) in [6.07, 6.45) is 1.03. The second-order valence-corrected chi connectivity index (χ2v) is 10.4. The van der Waals surface area contributed by atoms with E-state index in [0.29, 0.717) is 33.4 Å². The normalized spacial score (nSPS) is 11.3. The zero-order valence-electron chi connectivity index (χ0n) is 19.3. The number of aromatic nitrogens is 2. The van der Waals surface area contributed by atoms with Crippen molar-refractivity contribution in [1.82, 2.24) is 25.1 Å². The van der Waals surface area contributed by atoms with Gasteiger partial charge in [0, 0.05) is 25.0 Å². The molecule has 0 fully saturated rings. The van der Waals surface area contributed by atoms with E-state index in [1.807, 2.05) is 0 Å². The molecule has 0 aliphatic heterocycles. The van der Waals surface area contributed by atoms with Crippen LogP contribution < -0.4 is 15.4 Å². The molecule has 0 aliphatic carbocycles. The lowest BCUT2D eigenvalue weighted by Gasteiger charge is -2.21. The second-order valence-electron chi connectivity index (χ2n) is 7.67. The maximum atomic E-state index is 13.3. The predicted molar refractivity (Wildman–Crippen MR) is 128 cm³/mol. The molecular formula is C21H25FN6O5S2. The molecule has 0 spiro atoms. The molecule has 1 aromatic carbocycles. The molecule has 188 valence electrons. The number of benzene rings is 1. The molecule has 0 atom stereocenters. The molecule has 3 amide bonds. The van der Waals surface area contributed by atoms with Gasteiger partial charge in [-0.3, -0.25) is 10.1 Å². The Morgan fingerprint density at radius 2 is 2.03 bits per heavy atom. The van der Waals surface area contributed by atoms with Crippen LogP contribution in [0.3, 0.4) is 0 Å². The van der Waals surface area contributed by atoms with E-state index in [4.69, 9.17) is 4.52 Å². The first-order chi connectivity index (χ1) is 16.5. The molecule has 0 aliphatic rings. The monoisotopic (exact) mass is 524 g/mol. The van der Waals surface area contributed by atoms with E-state index < -0.39 is 21.9 Å². The Kier molecular flexibility index (Phi) is 8.53. The van der Waals surface area contributed by atoms with Crippen molar-refractivity contribution in [3.8, 4) is 0 Å². The quantitative estimate of drug-likeness (QED) is 0.369. The summed E-state index contributed by atoms with van der Waals surface area (Å²) < 4.78 is 43.6. The zero-order chi connectivity index (χ0) is 25.6. The summed E-state index contributed by atoms with van der Waals surface area (Å²) in [7, 11) is -3.43. The van der Waals surface area contributed by atoms with Crippen LogP contribution in [0, 0.1) is 19.7 Å². The van der Waals surface area contributed by atoms with Gasteiger partial charge in [-0.15, -0.1) is 11.3 Å². The molecular weight excluding hydrogens is 499 g/mol. The minimum Gasteiger partial charge on any atom is -0.361 e. The third-order valence-electron chi connectivity index (χ3n) is 4.75. The second kappa shape index (κ2) is 11.4.